The summed E-state index contributed by atoms with van der Waals surface area (Å²) in [4.78, 5) is 29.2. The summed E-state index contributed by atoms with van der Waals surface area (Å²) >= 11 is 7.26. The fraction of sp³-hybridized carbons (Fsp3) is 0.462. The van der Waals surface area contributed by atoms with Crippen LogP contribution in [0, 0.1) is 0 Å². The third kappa shape index (κ3) is 3.07. The van der Waals surface area contributed by atoms with Gasteiger partial charge in [-0.1, -0.05) is 24.9 Å². The molecule has 1 aliphatic heterocycles. The van der Waals surface area contributed by atoms with Crippen LogP contribution in [-0.4, -0.2) is 44.0 Å². The molecule has 0 saturated carbocycles. The van der Waals surface area contributed by atoms with Crippen molar-refractivity contribution in [1.29, 1.82) is 0 Å². The number of aromatic nitrogens is 1. The van der Waals surface area contributed by atoms with Gasteiger partial charge in [0.25, 0.3) is 5.91 Å². The minimum atomic E-state index is -0.974. The Morgan fingerprint density at radius 1 is 1.55 bits per heavy atom. The second-order valence-electron chi connectivity index (χ2n) is 4.50. The zero-order valence-corrected chi connectivity index (χ0v) is 12.5. The third-order valence-corrected chi connectivity index (χ3v) is 4.67. The lowest BCUT2D eigenvalue weighted by atomic mass is 10.2. The summed E-state index contributed by atoms with van der Waals surface area (Å²) < 4.78 is 0. The summed E-state index contributed by atoms with van der Waals surface area (Å²) in [5.74, 6) is -0.907. The molecule has 2 unspecified atom stereocenters. The quantitative estimate of drug-likeness (QED) is 0.924. The van der Waals surface area contributed by atoms with Gasteiger partial charge in [-0.3, -0.25) is 4.79 Å². The number of aliphatic carboxylic acids is 1. The van der Waals surface area contributed by atoms with Crippen molar-refractivity contribution in [3.63, 3.8) is 0 Å². The van der Waals surface area contributed by atoms with E-state index >= 15 is 0 Å². The zero-order valence-electron chi connectivity index (χ0n) is 11.0. The largest absolute Gasteiger partial charge is 0.480 e. The van der Waals surface area contributed by atoms with Crippen LogP contribution in [0.4, 0.5) is 0 Å². The molecular weight excluding hydrogens is 300 g/mol. The molecule has 1 amide bonds. The highest BCUT2D eigenvalue weighted by atomic mass is 35.5. The number of thioether (sulfide) groups is 1. The number of carboxylic acids is 1. The van der Waals surface area contributed by atoms with E-state index < -0.39 is 12.0 Å². The maximum atomic E-state index is 12.5. The Morgan fingerprint density at radius 3 is 2.85 bits per heavy atom. The van der Waals surface area contributed by atoms with Crippen LogP contribution in [-0.2, 0) is 4.79 Å². The minimum absolute atomic E-state index is 0.105. The molecule has 2 rings (SSSR count). The number of pyridine rings is 1. The van der Waals surface area contributed by atoms with Crippen LogP contribution >= 0.6 is 23.4 Å². The number of nitrogens with zero attached hydrogens (tertiary/aromatic N) is 2. The van der Waals surface area contributed by atoms with Gasteiger partial charge in [0.1, 0.15) is 11.7 Å². The molecule has 7 heteroatoms. The summed E-state index contributed by atoms with van der Waals surface area (Å²) in [5.41, 5.74) is 0.226. The SMILES string of the molecule is CCCC1SCC(C(=O)O)N1C(=O)c1ccc(Cl)cn1. The fourth-order valence-corrected chi connectivity index (χ4v) is 3.76. The van der Waals surface area contributed by atoms with E-state index in [1.807, 2.05) is 6.92 Å². The second kappa shape index (κ2) is 6.45. The molecule has 1 aromatic rings. The van der Waals surface area contributed by atoms with Crippen molar-refractivity contribution in [3.05, 3.63) is 29.0 Å². The Hall–Kier alpha value is -1.27. The van der Waals surface area contributed by atoms with Crippen LogP contribution in [0.2, 0.25) is 5.02 Å². The van der Waals surface area contributed by atoms with Gasteiger partial charge in [-0.15, -0.1) is 11.8 Å². The van der Waals surface area contributed by atoms with Crippen molar-refractivity contribution in [2.45, 2.75) is 31.2 Å². The molecule has 5 nitrogen and oxygen atoms in total. The van der Waals surface area contributed by atoms with E-state index in [2.05, 4.69) is 4.98 Å². The topological polar surface area (TPSA) is 70.5 Å². The molecule has 0 bridgehead atoms. The van der Waals surface area contributed by atoms with E-state index in [0.29, 0.717) is 10.8 Å². The van der Waals surface area contributed by atoms with E-state index in [-0.39, 0.29) is 17.0 Å². The average Bonchev–Trinajstić information content (AvgIpc) is 2.83. The molecule has 1 aromatic heterocycles. The zero-order chi connectivity index (χ0) is 14.7. The van der Waals surface area contributed by atoms with Crippen LogP contribution in [0.5, 0.6) is 0 Å². The van der Waals surface area contributed by atoms with Crippen molar-refractivity contribution < 1.29 is 14.7 Å². The molecule has 0 aromatic carbocycles. The smallest absolute Gasteiger partial charge is 0.327 e. The van der Waals surface area contributed by atoms with Gasteiger partial charge in [0.05, 0.1) is 10.4 Å². The van der Waals surface area contributed by atoms with Gasteiger partial charge in [-0.25, -0.2) is 9.78 Å². The van der Waals surface area contributed by atoms with E-state index in [1.54, 1.807) is 6.07 Å². The predicted octanol–water partition coefficient (Wildman–Crippen LogP) is 2.50. The molecule has 2 atom stereocenters. The van der Waals surface area contributed by atoms with Gasteiger partial charge in [-0.2, -0.15) is 0 Å². The van der Waals surface area contributed by atoms with Crippen LogP contribution in [0.1, 0.15) is 30.3 Å². The Morgan fingerprint density at radius 2 is 2.30 bits per heavy atom. The van der Waals surface area contributed by atoms with Gasteiger partial charge >= 0.3 is 5.97 Å². The van der Waals surface area contributed by atoms with E-state index in [9.17, 15) is 14.7 Å². The van der Waals surface area contributed by atoms with E-state index in [4.69, 9.17) is 11.6 Å². The van der Waals surface area contributed by atoms with Gasteiger partial charge in [0.15, 0.2) is 0 Å². The predicted molar refractivity (Wildman–Crippen MR) is 78.0 cm³/mol. The molecule has 1 fully saturated rings. The van der Waals surface area contributed by atoms with Crippen molar-refractivity contribution >= 4 is 35.2 Å². The average molecular weight is 315 g/mol. The standard InChI is InChI=1S/C13H15ClN2O3S/c1-2-3-11-16(10(7-20-11)13(18)19)12(17)9-5-4-8(14)6-15-9/h4-6,10-11H,2-3,7H2,1H3,(H,18,19). The van der Waals surface area contributed by atoms with Crippen LogP contribution < -0.4 is 0 Å². The molecule has 1 aliphatic rings. The third-order valence-electron chi connectivity index (χ3n) is 3.09. The number of carboxylic acid groups (broad SMARTS) is 1. The molecule has 1 saturated heterocycles. The van der Waals surface area contributed by atoms with E-state index in [1.165, 1.54) is 28.9 Å². The Balaban J connectivity index is 2.26. The molecule has 0 spiro atoms. The van der Waals surface area contributed by atoms with Gasteiger partial charge in [-0.05, 0) is 18.6 Å². The fourth-order valence-electron chi connectivity index (χ4n) is 2.13. The molecule has 0 aliphatic carbocycles. The maximum absolute atomic E-state index is 12.5. The number of halogens is 1. The number of hydrogen-bond donors (Lipinski definition) is 1. The van der Waals surface area contributed by atoms with Crippen molar-refractivity contribution in [3.8, 4) is 0 Å². The van der Waals surface area contributed by atoms with Gasteiger partial charge < -0.3 is 10.0 Å². The highest BCUT2D eigenvalue weighted by Crippen LogP contribution is 2.33. The molecule has 0 radical (unpaired) electrons. The molecule has 20 heavy (non-hydrogen) atoms. The first-order valence-corrected chi connectivity index (χ1v) is 7.76. The lowest BCUT2D eigenvalue weighted by molar-refractivity contribution is -0.141. The Labute approximate surface area is 126 Å². The number of rotatable bonds is 4. The number of carbonyl (C=O) groups excluding carboxylic acids is 1. The lowest BCUT2D eigenvalue weighted by Gasteiger charge is -2.26. The minimum Gasteiger partial charge on any atom is -0.480 e. The first-order valence-electron chi connectivity index (χ1n) is 6.33. The van der Waals surface area contributed by atoms with E-state index in [0.717, 1.165) is 12.8 Å². The Kier molecular flexibility index (Phi) is 4.88. The first kappa shape index (κ1) is 15.1. The summed E-state index contributed by atoms with van der Waals surface area (Å²) in [6.07, 6.45) is 3.05. The summed E-state index contributed by atoms with van der Waals surface area (Å²) in [7, 11) is 0. The normalized spacial score (nSPS) is 22.0. The van der Waals surface area contributed by atoms with Crippen LogP contribution in [0.3, 0.4) is 0 Å². The first-order chi connectivity index (χ1) is 9.54. The monoisotopic (exact) mass is 314 g/mol. The number of carbonyl (C=O) groups is 2. The van der Waals surface area contributed by atoms with Crippen LogP contribution in [0.25, 0.3) is 0 Å². The summed E-state index contributed by atoms with van der Waals surface area (Å²) in [6.45, 7) is 2.01. The van der Waals surface area contributed by atoms with Crippen molar-refractivity contribution in [1.82, 2.24) is 9.88 Å². The maximum Gasteiger partial charge on any atom is 0.327 e. The van der Waals surface area contributed by atoms with Crippen molar-refractivity contribution in [2.75, 3.05) is 5.75 Å². The second-order valence-corrected chi connectivity index (χ2v) is 6.15. The van der Waals surface area contributed by atoms with Gasteiger partial charge in [0.2, 0.25) is 0 Å². The van der Waals surface area contributed by atoms with Gasteiger partial charge in [0, 0.05) is 11.9 Å². The van der Waals surface area contributed by atoms with Crippen LogP contribution in [0.15, 0.2) is 18.3 Å². The number of hydrogen-bond acceptors (Lipinski definition) is 4. The lowest BCUT2D eigenvalue weighted by Crippen LogP contribution is -2.45. The number of amides is 1. The summed E-state index contributed by atoms with van der Waals surface area (Å²) in [6, 6.07) is 2.31. The summed E-state index contributed by atoms with van der Waals surface area (Å²) in [5, 5.41) is 9.60. The highest BCUT2D eigenvalue weighted by Gasteiger charge is 2.41. The molecular formula is C13H15ClN2O3S. The molecule has 108 valence electrons. The van der Waals surface area contributed by atoms with Crippen molar-refractivity contribution in [2.24, 2.45) is 0 Å². The molecule has 2 heterocycles. The Bertz CT molecular complexity index is 509. The highest BCUT2D eigenvalue weighted by molar-refractivity contribution is 8.00. The molecule has 1 N–H and O–H groups in total.